The summed E-state index contributed by atoms with van der Waals surface area (Å²) in [6, 6.07) is 0. The number of hydrogen-bond acceptors (Lipinski definition) is 2. The summed E-state index contributed by atoms with van der Waals surface area (Å²) in [5.41, 5.74) is 0.343. The normalized spacial score (nSPS) is 12.0. The quantitative estimate of drug-likeness (QED) is 0.579. The molecule has 0 bridgehead atoms. The van der Waals surface area contributed by atoms with E-state index in [1.165, 1.54) is 19.3 Å². The summed E-state index contributed by atoms with van der Waals surface area (Å²) in [5, 5.41) is 3.62. The molecular formula is C12H27NO. The Morgan fingerprint density at radius 3 is 1.93 bits per heavy atom. The van der Waals surface area contributed by atoms with Crippen molar-refractivity contribution in [2.75, 3.05) is 19.8 Å². The van der Waals surface area contributed by atoms with Crippen molar-refractivity contribution in [3.63, 3.8) is 0 Å². The summed E-state index contributed by atoms with van der Waals surface area (Å²) < 4.78 is 5.45. The first kappa shape index (κ1) is 13.9. The predicted octanol–water partition coefficient (Wildman–Crippen LogP) is 2.97. The Kier molecular flexibility index (Phi) is 8.20. The molecule has 2 heteroatoms. The van der Waals surface area contributed by atoms with E-state index in [9.17, 15) is 0 Å². The van der Waals surface area contributed by atoms with Gasteiger partial charge < -0.3 is 10.1 Å². The number of hydrogen-bond donors (Lipinski definition) is 1. The average molecular weight is 201 g/mol. The smallest absolute Gasteiger partial charge is 0.0591 e. The Balaban J connectivity index is 3.61. The molecule has 1 N–H and O–H groups in total. The summed E-state index contributed by atoms with van der Waals surface area (Å²) in [4.78, 5) is 0. The Labute approximate surface area is 89.4 Å². The first-order chi connectivity index (χ1) is 6.74. The summed E-state index contributed by atoms with van der Waals surface area (Å²) in [7, 11) is 0. The molecule has 2 nitrogen and oxygen atoms in total. The fourth-order valence-corrected chi connectivity index (χ4v) is 1.76. The van der Waals surface area contributed by atoms with E-state index in [1.807, 2.05) is 0 Å². The Hall–Kier alpha value is -0.0800. The lowest BCUT2D eigenvalue weighted by Gasteiger charge is -2.32. The third-order valence-corrected chi connectivity index (χ3v) is 3.13. The van der Waals surface area contributed by atoms with E-state index in [2.05, 4.69) is 33.0 Å². The molecule has 0 atom stereocenters. The first-order valence-electron chi connectivity index (χ1n) is 6.07. The van der Waals surface area contributed by atoms with Gasteiger partial charge in [-0.2, -0.15) is 0 Å². The van der Waals surface area contributed by atoms with Gasteiger partial charge in [-0.3, -0.25) is 0 Å². The van der Waals surface area contributed by atoms with Crippen molar-refractivity contribution in [1.82, 2.24) is 5.32 Å². The topological polar surface area (TPSA) is 21.3 Å². The minimum atomic E-state index is 0.343. The van der Waals surface area contributed by atoms with Crippen LogP contribution in [0.3, 0.4) is 0 Å². The SMILES string of the molecule is CCCOCCNC(CC)(CC)CC. The van der Waals surface area contributed by atoms with Crippen LogP contribution in [0.25, 0.3) is 0 Å². The van der Waals surface area contributed by atoms with E-state index in [0.717, 1.165) is 26.2 Å². The second-order valence-corrected chi connectivity index (χ2v) is 3.88. The van der Waals surface area contributed by atoms with E-state index < -0.39 is 0 Å². The Bertz CT molecular complexity index is 113. The highest BCUT2D eigenvalue weighted by Gasteiger charge is 2.21. The highest BCUT2D eigenvalue weighted by Crippen LogP contribution is 2.18. The van der Waals surface area contributed by atoms with Gasteiger partial charge in [-0.15, -0.1) is 0 Å². The fraction of sp³-hybridized carbons (Fsp3) is 1.00. The average Bonchev–Trinajstić information content (AvgIpc) is 2.24. The largest absolute Gasteiger partial charge is 0.380 e. The molecule has 0 aromatic heterocycles. The van der Waals surface area contributed by atoms with Crippen molar-refractivity contribution in [2.24, 2.45) is 0 Å². The van der Waals surface area contributed by atoms with E-state index in [4.69, 9.17) is 4.74 Å². The van der Waals surface area contributed by atoms with Gasteiger partial charge in [0.25, 0.3) is 0 Å². The molecule has 0 aromatic rings. The molecule has 0 radical (unpaired) electrons. The van der Waals surface area contributed by atoms with Crippen LogP contribution in [0.1, 0.15) is 53.4 Å². The van der Waals surface area contributed by atoms with E-state index in [-0.39, 0.29) is 0 Å². The molecule has 86 valence electrons. The number of nitrogens with one attached hydrogen (secondary N) is 1. The maximum Gasteiger partial charge on any atom is 0.0591 e. The van der Waals surface area contributed by atoms with Crippen LogP contribution < -0.4 is 5.32 Å². The lowest BCUT2D eigenvalue weighted by molar-refractivity contribution is 0.126. The van der Waals surface area contributed by atoms with Crippen molar-refractivity contribution in [3.8, 4) is 0 Å². The zero-order valence-electron chi connectivity index (χ0n) is 10.4. The molecule has 0 saturated heterocycles. The Morgan fingerprint density at radius 1 is 0.929 bits per heavy atom. The van der Waals surface area contributed by atoms with Crippen molar-refractivity contribution in [1.29, 1.82) is 0 Å². The van der Waals surface area contributed by atoms with Crippen LogP contribution in [0, 0.1) is 0 Å². The fourth-order valence-electron chi connectivity index (χ4n) is 1.76. The molecule has 0 fully saturated rings. The van der Waals surface area contributed by atoms with Gasteiger partial charge in [-0.05, 0) is 25.7 Å². The molecule has 0 rings (SSSR count). The minimum absolute atomic E-state index is 0.343. The maximum absolute atomic E-state index is 5.45. The molecule has 0 heterocycles. The minimum Gasteiger partial charge on any atom is -0.380 e. The Morgan fingerprint density at radius 2 is 1.50 bits per heavy atom. The zero-order valence-corrected chi connectivity index (χ0v) is 10.4. The third-order valence-electron chi connectivity index (χ3n) is 3.13. The van der Waals surface area contributed by atoms with Crippen LogP contribution in [0.15, 0.2) is 0 Å². The summed E-state index contributed by atoms with van der Waals surface area (Å²) >= 11 is 0. The highest BCUT2D eigenvalue weighted by molar-refractivity contribution is 4.83. The van der Waals surface area contributed by atoms with E-state index in [0.29, 0.717) is 5.54 Å². The molecule has 14 heavy (non-hydrogen) atoms. The van der Waals surface area contributed by atoms with Crippen molar-refractivity contribution >= 4 is 0 Å². The van der Waals surface area contributed by atoms with Crippen LogP contribution in [0.2, 0.25) is 0 Å². The van der Waals surface area contributed by atoms with Crippen LogP contribution in [-0.4, -0.2) is 25.3 Å². The first-order valence-corrected chi connectivity index (χ1v) is 6.07. The third kappa shape index (κ3) is 4.97. The monoisotopic (exact) mass is 201 g/mol. The summed E-state index contributed by atoms with van der Waals surface area (Å²) in [6.45, 7) is 11.6. The van der Waals surface area contributed by atoms with Gasteiger partial charge in [0.05, 0.1) is 6.61 Å². The number of rotatable bonds is 9. The van der Waals surface area contributed by atoms with Gasteiger partial charge in [-0.25, -0.2) is 0 Å². The lowest BCUT2D eigenvalue weighted by atomic mass is 9.90. The standard InChI is InChI=1S/C12H27NO/c1-5-10-14-11-9-13-12(6-2,7-3)8-4/h13H,5-11H2,1-4H3. The summed E-state index contributed by atoms with van der Waals surface area (Å²) in [5.74, 6) is 0. The second kappa shape index (κ2) is 8.25. The molecule has 0 spiro atoms. The molecule has 0 amide bonds. The van der Waals surface area contributed by atoms with Crippen LogP contribution in [0.5, 0.6) is 0 Å². The van der Waals surface area contributed by atoms with Gasteiger partial charge in [0.1, 0.15) is 0 Å². The van der Waals surface area contributed by atoms with Gasteiger partial charge in [0.15, 0.2) is 0 Å². The summed E-state index contributed by atoms with van der Waals surface area (Å²) in [6.07, 6.45) is 4.72. The van der Waals surface area contributed by atoms with Crippen LogP contribution in [-0.2, 0) is 4.74 Å². The predicted molar refractivity (Wildman–Crippen MR) is 62.7 cm³/mol. The van der Waals surface area contributed by atoms with Gasteiger partial charge in [0, 0.05) is 18.7 Å². The zero-order chi connectivity index (χ0) is 10.9. The van der Waals surface area contributed by atoms with Crippen molar-refractivity contribution in [3.05, 3.63) is 0 Å². The van der Waals surface area contributed by atoms with Gasteiger partial charge in [-0.1, -0.05) is 27.7 Å². The molecule has 0 aliphatic heterocycles. The number of ether oxygens (including phenoxy) is 1. The van der Waals surface area contributed by atoms with Crippen molar-refractivity contribution < 1.29 is 4.74 Å². The lowest BCUT2D eigenvalue weighted by Crippen LogP contribution is -2.45. The van der Waals surface area contributed by atoms with E-state index in [1.54, 1.807) is 0 Å². The van der Waals surface area contributed by atoms with E-state index >= 15 is 0 Å². The molecule has 0 unspecified atom stereocenters. The van der Waals surface area contributed by atoms with Gasteiger partial charge >= 0.3 is 0 Å². The molecule has 0 saturated carbocycles. The van der Waals surface area contributed by atoms with Crippen molar-refractivity contribution in [2.45, 2.75) is 58.9 Å². The highest BCUT2D eigenvalue weighted by atomic mass is 16.5. The molecule has 0 aliphatic carbocycles. The second-order valence-electron chi connectivity index (χ2n) is 3.88. The van der Waals surface area contributed by atoms with Crippen LogP contribution in [0.4, 0.5) is 0 Å². The molecule has 0 aliphatic rings. The molecular weight excluding hydrogens is 174 g/mol. The van der Waals surface area contributed by atoms with Crippen LogP contribution >= 0.6 is 0 Å². The maximum atomic E-state index is 5.45. The van der Waals surface area contributed by atoms with Gasteiger partial charge in [0.2, 0.25) is 0 Å². The molecule has 0 aromatic carbocycles.